The van der Waals surface area contributed by atoms with Gasteiger partial charge in [0.05, 0.1) is 5.75 Å². The molecule has 4 aromatic rings. The number of carbonyl (C=O) groups is 2. The number of Topliss-reactive ketones (excluding diaryl/α,β-unsaturated/α-hetero) is 1. The first-order valence-electron chi connectivity index (χ1n) is 11.1. The molecule has 0 aliphatic rings. The van der Waals surface area contributed by atoms with Crippen molar-refractivity contribution in [1.29, 1.82) is 0 Å². The highest BCUT2D eigenvalue weighted by Crippen LogP contribution is 2.25. The van der Waals surface area contributed by atoms with Crippen molar-refractivity contribution in [2.24, 2.45) is 0 Å². The van der Waals surface area contributed by atoms with Crippen LogP contribution in [0.1, 0.15) is 28.7 Å². The lowest BCUT2D eigenvalue weighted by Gasteiger charge is -2.11. The second-order valence-corrected chi connectivity index (χ2v) is 8.90. The monoisotopic (exact) mass is 470 g/mol. The minimum absolute atomic E-state index is 0.0307. The highest BCUT2D eigenvalue weighted by atomic mass is 32.2. The molecule has 1 aromatic heterocycles. The normalized spacial score (nSPS) is 10.8. The molecule has 0 fully saturated rings. The third kappa shape index (κ3) is 5.80. The molecule has 0 aliphatic carbocycles. The van der Waals surface area contributed by atoms with E-state index >= 15 is 0 Å². The van der Waals surface area contributed by atoms with E-state index in [9.17, 15) is 9.59 Å². The summed E-state index contributed by atoms with van der Waals surface area (Å²) in [6.07, 6.45) is 0.538. The van der Waals surface area contributed by atoms with Crippen LogP contribution in [0.4, 0.5) is 0 Å². The zero-order valence-corrected chi connectivity index (χ0v) is 20.0. The van der Waals surface area contributed by atoms with Gasteiger partial charge in [-0.05, 0) is 35.7 Å². The van der Waals surface area contributed by atoms with Crippen LogP contribution < -0.4 is 5.32 Å². The average Bonchev–Trinajstić information content (AvgIpc) is 3.25. The number of carbonyl (C=O) groups excluding carboxylic acids is 2. The first-order valence-corrected chi connectivity index (χ1v) is 12.1. The first-order chi connectivity index (χ1) is 16.5. The van der Waals surface area contributed by atoms with Crippen molar-refractivity contribution in [2.75, 3.05) is 12.3 Å². The molecule has 34 heavy (non-hydrogen) atoms. The Morgan fingerprint density at radius 2 is 1.65 bits per heavy atom. The highest BCUT2D eigenvalue weighted by Gasteiger charge is 2.17. The third-order valence-corrected chi connectivity index (χ3v) is 6.26. The lowest BCUT2D eigenvalue weighted by Crippen LogP contribution is -2.23. The van der Waals surface area contributed by atoms with E-state index in [1.807, 2.05) is 84.3 Å². The highest BCUT2D eigenvalue weighted by molar-refractivity contribution is 7.99. The Bertz CT molecular complexity index is 1280. The number of hydrogen-bond acceptors (Lipinski definition) is 5. The molecule has 7 heteroatoms. The number of nitrogens with one attached hydrogen (secondary N) is 1. The van der Waals surface area contributed by atoms with Crippen LogP contribution in [0.2, 0.25) is 0 Å². The molecule has 0 unspecified atom stereocenters. The Hall–Kier alpha value is -3.71. The van der Waals surface area contributed by atoms with Crippen LogP contribution in [0.5, 0.6) is 0 Å². The molecule has 6 nitrogen and oxygen atoms in total. The summed E-state index contributed by atoms with van der Waals surface area (Å²) in [5, 5.41) is 12.1. The molecule has 1 N–H and O–H groups in total. The van der Waals surface area contributed by atoms with Crippen molar-refractivity contribution >= 4 is 23.5 Å². The number of amides is 1. The van der Waals surface area contributed by atoms with E-state index in [1.54, 1.807) is 0 Å². The van der Waals surface area contributed by atoms with E-state index in [4.69, 9.17) is 0 Å². The number of ketones is 1. The maximum Gasteiger partial charge on any atom is 0.216 e. The van der Waals surface area contributed by atoms with Gasteiger partial charge in [0.1, 0.15) is 5.82 Å². The van der Waals surface area contributed by atoms with Crippen LogP contribution >= 0.6 is 11.8 Å². The fourth-order valence-corrected chi connectivity index (χ4v) is 4.49. The predicted octanol–water partition coefficient (Wildman–Crippen LogP) is 4.90. The first kappa shape index (κ1) is 23.4. The third-order valence-electron chi connectivity index (χ3n) is 5.33. The van der Waals surface area contributed by atoms with Crippen molar-refractivity contribution in [3.63, 3.8) is 0 Å². The Labute approximate surface area is 203 Å². The Kier molecular flexibility index (Phi) is 7.54. The molecule has 0 saturated heterocycles. The van der Waals surface area contributed by atoms with Crippen LogP contribution in [-0.4, -0.2) is 38.8 Å². The quantitative estimate of drug-likeness (QED) is 0.278. The molecule has 1 heterocycles. The van der Waals surface area contributed by atoms with Crippen LogP contribution in [-0.2, 0) is 11.2 Å². The molecule has 1 amide bonds. The van der Waals surface area contributed by atoms with Crippen LogP contribution in [0, 0.1) is 6.92 Å². The van der Waals surface area contributed by atoms with Crippen molar-refractivity contribution in [2.45, 2.75) is 25.4 Å². The van der Waals surface area contributed by atoms with E-state index in [0.29, 0.717) is 23.7 Å². The van der Waals surface area contributed by atoms with Gasteiger partial charge in [-0.2, -0.15) is 0 Å². The second-order valence-electron chi connectivity index (χ2n) is 7.96. The standard InChI is InChI=1S/C27H26N4O2S/c1-19-7-6-10-24(17-19)31-26(15-16-28-20(2)32)29-30-27(31)34-18-25(33)23-13-11-22(12-14-23)21-8-4-3-5-9-21/h3-14,17H,15-16,18H2,1-2H3,(H,28,32). The summed E-state index contributed by atoms with van der Waals surface area (Å²) >= 11 is 1.36. The molecule has 3 aromatic carbocycles. The van der Waals surface area contributed by atoms with Gasteiger partial charge in [0.2, 0.25) is 5.91 Å². The molecule has 4 rings (SSSR count). The van der Waals surface area contributed by atoms with E-state index < -0.39 is 0 Å². The van der Waals surface area contributed by atoms with Crippen molar-refractivity contribution in [1.82, 2.24) is 20.1 Å². The van der Waals surface area contributed by atoms with Crippen molar-refractivity contribution < 1.29 is 9.59 Å². The van der Waals surface area contributed by atoms with Crippen LogP contribution in [0.3, 0.4) is 0 Å². The number of hydrogen-bond donors (Lipinski definition) is 1. The summed E-state index contributed by atoms with van der Waals surface area (Å²) in [5.74, 6) is 0.935. The zero-order valence-electron chi connectivity index (χ0n) is 19.2. The maximum atomic E-state index is 12.9. The number of benzene rings is 3. The van der Waals surface area contributed by atoms with Crippen LogP contribution in [0.15, 0.2) is 84.0 Å². The molecule has 0 atom stereocenters. The van der Waals surface area contributed by atoms with E-state index in [2.05, 4.69) is 21.6 Å². The maximum absolute atomic E-state index is 12.9. The number of nitrogens with zero attached hydrogens (tertiary/aromatic N) is 3. The second kappa shape index (κ2) is 10.9. The summed E-state index contributed by atoms with van der Waals surface area (Å²) in [6.45, 7) is 3.99. The van der Waals surface area contributed by atoms with E-state index in [0.717, 1.165) is 28.2 Å². The number of rotatable bonds is 9. The zero-order chi connectivity index (χ0) is 23.9. The molecule has 172 valence electrons. The van der Waals surface area contributed by atoms with Gasteiger partial charge in [-0.15, -0.1) is 10.2 Å². The van der Waals surface area contributed by atoms with Gasteiger partial charge in [0.15, 0.2) is 10.9 Å². The minimum atomic E-state index is -0.0832. The molecule has 0 aliphatic heterocycles. The Balaban J connectivity index is 1.50. The summed E-state index contributed by atoms with van der Waals surface area (Å²) in [6, 6.07) is 25.8. The molecular formula is C27H26N4O2S. The average molecular weight is 471 g/mol. The molecule has 0 saturated carbocycles. The molecule has 0 spiro atoms. The summed E-state index contributed by atoms with van der Waals surface area (Å²) < 4.78 is 1.96. The molecular weight excluding hydrogens is 444 g/mol. The van der Waals surface area contributed by atoms with Gasteiger partial charge in [-0.1, -0.05) is 78.5 Å². The summed E-state index contributed by atoms with van der Waals surface area (Å²) in [4.78, 5) is 24.2. The van der Waals surface area contributed by atoms with Gasteiger partial charge in [0.25, 0.3) is 0 Å². The van der Waals surface area contributed by atoms with E-state index in [-0.39, 0.29) is 17.4 Å². The number of aromatic nitrogens is 3. The summed E-state index contributed by atoms with van der Waals surface area (Å²) in [7, 11) is 0. The molecule has 0 radical (unpaired) electrons. The topological polar surface area (TPSA) is 76.9 Å². The van der Waals surface area contributed by atoms with E-state index in [1.165, 1.54) is 18.7 Å². The largest absolute Gasteiger partial charge is 0.356 e. The van der Waals surface area contributed by atoms with Crippen molar-refractivity contribution in [3.05, 3.63) is 95.8 Å². The fourth-order valence-electron chi connectivity index (χ4n) is 3.63. The predicted molar refractivity (Wildman–Crippen MR) is 135 cm³/mol. The van der Waals surface area contributed by atoms with Gasteiger partial charge < -0.3 is 5.32 Å². The smallest absolute Gasteiger partial charge is 0.216 e. The van der Waals surface area contributed by atoms with Crippen LogP contribution in [0.25, 0.3) is 16.8 Å². The van der Waals surface area contributed by atoms with Gasteiger partial charge in [0, 0.05) is 31.1 Å². The van der Waals surface area contributed by atoms with Gasteiger partial charge >= 0.3 is 0 Å². The van der Waals surface area contributed by atoms with Gasteiger partial charge in [-0.25, -0.2) is 0 Å². The fraction of sp³-hybridized carbons (Fsp3) is 0.185. The number of aryl methyl sites for hydroxylation is 1. The summed E-state index contributed by atoms with van der Waals surface area (Å²) in [5.41, 5.74) is 4.91. The molecule has 0 bridgehead atoms. The lowest BCUT2D eigenvalue weighted by molar-refractivity contribution is -0.118. The Morgan fingerprint density at radius 1 is 0.912 bits per heavy atom. The number of thioether (sulfide) groups is 1. The van der Waals surface area contributed by atoms with Gasteiger partial charge in [-0.3, -0.25) is 14.2 Å². The lowest BCUT2D eigenvalue weighted by atomic mass is 10.0. The van der Waals surface area contributed by atoms with Crippen molar-refractivity contribution in [3.8, 4) is 16.8 Å². The Morgan fingerprint density at radius 3 is 2.35 bits per heavy atom. The minimum Gasteiger partial charge on any atom is -0.356 e. The SMILES string of the molecule is CC(=O)NCCc1nnc(SCC(=O)c2ccc(-c3ccccc3)cc2)n1-c1cccc(C)c1.